The first kappa shape index (κ1) is 31.7. The van der Waals surface area contributed by atoms with Crippen molar-refractivity contribution in [2.75, 3.05) is 39.4 Å². The van der Waals surface area contributed by atoms with Gasteiger partial charge < -0.3 is 9.47 Å². The monoisotopic (exact) mass is 522 g/mol. The zero-order valence-corrected chi connectivity index (χ0v) is 24.8. The van der Waals surface area contributed by atoms with Gasteiger partial charge in [0.15, 0.2) is 0 Å². The highest BCUT2D eigenvalue weighted by Crippen LogP contribution is 2.29. The summed E-state index contributed by atoms with van der Waals surface area (Å²) in [6, 6.07) is 0.443. The van der Waals surface area contributed by atoms with Crippen molar-refractivity contribution in [3.63, 3.8) is 0 Å². The lowest BCUT2D eigenvalue weighted by atomic mass is 9.89. The van der Waals surface area contributed by atoms with Crippen LogP contribution < -0.4 is 0 Å². The van der Waals surface area contributed by atoms with Gasteiger partial charge in [0, 0.05) is 43.4 Å². The number of allylic oxidation sites excluding steroid dienone is 8. The lowest BCUT2D eigenvalue weighted by Crippen LogP contribution is -2.35. The van der Waals surface area contributed by atoms with Crippen LogP contribution in [-0.2, 0) is 14.3 Å². The van der Waals surface area contributed by atoms with Gasteiger partial charge >= 0.3 is 5.97 Å². The second kappa shape index (κ2) is 15.2. The lowest BCUT2D eigenvalue weighted by molar-refractivity contribution is -0.141. The van der Waals surface area contributed by atoms with Crippen molar-refractivity contribution in [3.05, 3.63) is 84.6 Å². The van der Waals surface area contributed by atoms with Crippen molar-refractivity contribution in [1.82, 2.24) is 9.80 Å². The maximum Gasteiger partial charge on any atom is 0.302 e. The average molecular weight is 523 g/mol. The molecule has 5 heteroatoms. The van der Waals surface area contributed by atoms with E-state index in [2.05, 4.69) is 113 Å². The molecule has 0 spiro atoms. The topological polar surface area (TPSA) is 42.0 Å². The van der Waals surface area contributed by atoms with E-state index in [1.165, 1.54) is 24.5 Å². The lowest BCUT2D eigenvalue weighted by Gasteiger charge is -2.30. The number of hydrogen-bond acceptors (Lipinski definition) is 5. The number of nitrogens with zero attached hydrogens (tertiary/aromatic N) is 2. The highest BCUT2D eigenvalue weighted by molar-refractivity contribution is 5.65. The largest absolute Gasteiger partial charge is 0.465 e. The van der Waals surface area contributed by atoms with Crippen LogP contribution in [-0.4, -0.2) is 67.4 Å². The van der Waals surface area contributed by atoms with Crippen molar-refractivity contribution in [3.8, 4) is 0 Å². The van der Waals surface area contributed by atoms with Crippen LogP contribution in [0, 0.1) is 10.8 Å². The molecule has 3 aliphatic rings. The van der Waals surface area contributed by atoms with Gasteiger partial charge in [0.25, 0.3) is 0 Å². The van der Waals surface area contributed by atoms with Crippen LogP contribution in [0.15, 0.2) is 84.6 Å². The molecule has 0 aromatic heterocycles. The highest BCUT2D eigenvalue weighted by atomic mass is 16.5. The first-order valence-electron chi connectivity index (χ1n) is 14.0. The van der Waals surface area contributed by atoms with Gasteiger partial charge in [-0.3, -0.25) is 14.6 Å². The number of ether oxygens (including phenoxy) is 2. The van der Waals surface area contributed by atoms with E-state index < -0.39 is 0 Å². The number of carbonyl (C=O) groups is 1. The zero-order valence-electron chi connectivity index (χ0n) is 24.8. The van der Waals surface area contributed by atoms with E-state index in [1.54, 1.807) is 0 Å². The zero-order chi connectivity index (χ0) is 28.2. The van der Waals surface area contributed by atoms with Gasteiger partial charge in [-0.15, -0.1) is 6.58 Å². The van der Waals surface area contributed by atoms with E-state index >= 15 is 0 Å². The number of carbonyl (C=O) groups excluding carboxylic acids is 1. The molecule has 2 atom stereocenters. The first-order chi connectivity index (χ1) is 18.0. The molecular formula is C33H50N2O3. The minimum atomic E-state index is -0.236. The summed E-state index contributed by atoms with van der Waals surface area (Å²) in [5.41, 5.74) is 2.73. The Hall–Kier alpha value is -2.47. The molecule has 0 radical (unpaired) electrons. The van der Waals surface area contributed by atoms with Gasteiger partial charge in [-0.05, 0) is 31.0 Å². The van der Waals surface area contributed by atoms with Crippen LogP contribution in [0.3, 0.4) is 0 Å². The Morgan fingerprint density at radius 3 is 2.45 bits per heavy atom. The van der Waals surface area contributed by atoms with E-state index in [9.17, 15) is 4.79 Å². The summed E-state index contributed by atoms with van der Waals surface area (Å²) >= 11 is 0. The van der Waals surface area contributed by atoms with Crippen LogP contribution in [0.2, 0.25) is 0 Å². The van der Waals surface area contributed by atoms with Crippen molar-refractivity contribution in [2.24, 2.45) is 10.8 Å². The van der Waals surface area contributed by atoms with Gasteiger partial charge in [0.2, 0.25) is 0 Å². The molecule has 3 rings (SSSR count). The fourth-order valence-electron chi connectivity index (χ4n) is 4.86. The van der Waals surface area contributed by atoms with E-state index in [0.29, 0.717) is 25.8 Å². The van der Waals surface area contributed by atoms with Crippen LogP contribution in [0.5, 0.6) is 0 Å². The normalized spacial score (nSPS) is 22.6. The third-order valence-corrected chi connectivity index (χ3v) is 6.79. The maximum absolute atomic E-state index is 10.8. The van der Waals surface area contributed by atoms with Crippen LogP contribution >= 0.6 is 0 Å². The van der Waals surface area contributed by atoms with Gasteiger partial charge in [-0.2, -0.15) is 0 Å². The molecule has 2 aliphatic carbocycles. The van der Waals surface area contributed by atoms with E-state index in [1.807, 2.05) is 12.2 Å². The summed E-state index contributed by atoms with van der Waals surface area (Å²) in [4.78, 5) is 15.5. The summed E-state index contributed by atoms with van der Waals surface area (Å²) < 4.78 is 10.9. The van der Waals surface area contributed by atoms with Crippen LogP contribution in [0.4, 0.5) is 0 Å². The molecule has 1 saturated heterocycles. The molecule has 0 aromatic carbocycles. The van der Waals surface area contributed by atoms with Gasteiger partial charge in [0.1, 0.15) is 12.8 Å². The fraction of sp³-hybridized carbons (Fsp3) is 0.545. The fourth-order valence-corrected chi connectivity index (χ4v) is 4.86. The molecule has 1 fully saturated rings. The smallest absolute Gasteiger partial charge is 0.302 e. The van der Waals surface area contributed by atoms with Crippen LogP contribution in [0.25, 0.3) is 0 Å². The molecule has 0 saturated carbocycles. The Morgan fingerprint density at radius 2 is 1.82 bits per heavy atom. The molecule has 0 amide bonds. The minimum absolute atomic E-state index is 0.0202. The Bertz CT molecular complexity index is 965. The van der Waals surface area contributed by atoms with Gasteiger partial charge in [-0.25, -0.2) is 0 Å². The summed E-state index contributed by atoms with van der Waals surface area (Å²) in [6.45, 7) is 23.4. The van der Waals surface area contributed by atoms with E-state index in [4.69, 9.17) is 9.47 Å². The number of hydrogen-bond donors (Lipinski definition) is 0. The third-order valence-electron chi connectivity index (χ3n) is 6.79. The standard InChI is InChI=1S/C17H27N.C16H23NO3/c1-6-12-18(13-7-2)15(3)16-10-8-9-11-17(4,5)14-16;1-13(18)19-10-8-17-9-11-20-15(17)14-6-4-5-7-16(2,3)12-14/h6,8-11,14-15H,1,7,12-13H2,2-5H3;4-7,12,15H,8-11H2,1-3H3. The Morgan fingerprint density at radius 1 is 1.16 bits per heavy atom. The Labute approximate surface area is 231 Å². The Balaban J connectivity index is 0.000000269. The first-order valence-corrected chi connectivity index (χ1v) is 14.0. The van der Waals surface area contributed by atoms with Gasteiger partial charge in [-0.1, -0.05) is 101 Å². The molecule has 2 unspecified atom stereocenters. The minimum Gasteiger partial charge on any atom is -0.465 e. The van der Waals surface area contributed by atoms with E-state index in [0.717, 1.165) is 19.6 Å². The number of rotatable bonds is 10. The summed E-state index contributed by atoms with van der Waals surface area (Å²) in [7, 11) is 0. The summed E-state index contributed by atoms with van der Waals surface area (Å²) in [5, 5.41) is 0. The average Bonchev–Trinajstić information content (AvgIpc) is 3.12. The molecule has 38 heavy (non-hydrogen) atoms. The molecule has 1 heterocycles. The predicted octanol–water partition coefficient (Wildman–Crippen LogP) is 6.64. The molecule has 210 valence electrons. The predicted molar refractivity (Wildman–Crippen MR) is 160 cm³/mol. The van der Waals surface area contributed by atoms with E-state index in [-0.39, 0.29) is 23.0 Å². The van der Waals surface area contributed by atoms with Crippen molar-refractivity contribution < 1.29 is 14.3 Å². The maximum atomic E-state index is 10.8. The molecular weight excluding hydrogens is 472 g/mol. The Kier molecular flexibility index (Phi) is 12.7. The number of esters is 1. The van der Waals surface area contributed by atoms with Crippen molar-refractivity contribution >= 4 is 5.97 Å². The third kappa shape index (κ3) is 10.7. The molecule has 0 aromatic rings. The van der Waals surface area contributed by atoms with Crippen molar-refractivity contribution in [1.29, 1.82) is 0 Å². The summed E-state index contributed by atoms with van der Waals surface area (Å²) in [5.74, 6) is -0.236. The highest BCUT2D eigenvalue weighted by Gasteiger charge is 2.29. The van der Waals surface area contributed by atoms with Gasteiger partial charge in [0.05, 0.1) is 6.61 Å². The van der Waals surface area contributed by atoms with Crippen LogP contribution in [0.1, 0.15) is 54.9 Å². The molecule has 0 N–H and O–H groups in total. The SMILES string of the molecule is C=CCN(CCC)C(C)C1=CC(C)(C)C=CC=C1.CC(=O)OCCN1CCOC1C1=CC(C)(C)C=CC=C1. The summed E-state index contributed by atoms with van der Waals surface area (Å²) in [6.07, 6.45) is 24.9. The van der Waals surface area contributed by atoms with Crippen molar-refractivity contribution in [2.45, 2.75) is 67.2 Å². The molecule has 5 nitrogen and oxygen atoms in total. The molecule has 1 aliphatic heterocycles. The molecule has 0 bridgehead atoms. The quantitative estimate of drug-likeness (QED) is 0.238. The second-order valence-corrected chi connectivity index (χ2v) is 11.4. The second-order valence-electron chi connectivity index (χ2n) is 11.4.